The van der Waals surface area contributed by atoms with Gasteiger partial charge in [-0.3, -0.25) is 60.6 Å². The number of thioether (sulfide) groups is 5. The van der Waals surface area contributed by atoms with Crippen molar-refractivity contribution < 1.29 is 79.3 Å². The number of nitro groups is 2. The molecule has 5 fully saturated rings. The minimum Gasteiger partial charge on any atom is -0.444 e. The number of hydrogen-bond donors (Lipinski definition) is 6. The zero-order chi connectivity index (χ0) is 89.4. The number of amides is 3. The number of nitrogens with one attached hydrogen (secondary N) is 3. The predicted molar refractivity (Wildman–Crippen MR) is 476 cm³/mol. The number of carbonyl (C=O) groups excluding carboxylic acids is 3. The molecule has 10 aliphatic rings. The standard InChI is InChI=1S/C21H21FN2O2S.C19H24FN3O5S.C19H26FN3O3S.C14H16FN3O3S.C14H17FN2OS/c1-26-18-11-12-21(15-9-5-6-10-17(15)22)16(18)13-27-20(24-21)23-19(25)14-7-3-2-4-8-14;1-18(2,3)28-17(24)21-16-22-19(8-7-15(27-4)13(19)10-29-16)12-9-11(23(25)26)5-6-14(12)20;1-18(2,3)26-17(24)22-16-23-19(12-9-11(21)5-6-14(12)20)8-7-15(25-4)13(19)10-27-16;1-21-12-4-5-14(10(12)7-22-13(16)17-14)9-6-8(18(19)20)2-3-11(9)15;1-18-12-6-7-14(9-4-2-3-5-11(9)15)10(12)8-19-13(16)17-14/h2-10,16,18H,11-13H2,1H3,(H,23,24,25);5-6,9,13,15H,7-8,10H2,1-4H3,(H,21,22,24);5-6,9,13,15H,7-8,10,21H2,1-4H3,(H,22,23,24);2-3,6,10,12H,4-5,7H2,1H3,(H2,16,17);2-5,10,12H,6-8H2,1H3,(H2,16,17)/t16-,18?,21-;2*13-,15+,19-;2*10-,12?,14-/m11111/s1. The van der Waals surface area contributed by atoms with Crippen LogP contribution in [-0.2, 0) is 60.9 Å². The van der Waals surface area contributed by atoms with Gasteiger partial charge in [0.25, 0.3) is 17.3 Å². The average molecular weight is 1810 g/mol. The molecule has 5 aliphatic carbocycles. The van der Waals surface area contributed by atoms with Gasteiger partial charge in [-0.1, -0.05) is 113 Å². The smallest absolute Gasteiger partial charge is 0.413 e. The number of halogens is 5. The van der Waals surface area contributed by atoms with Crippen LogP contribution >= 0.6 is 58.8 Å². The maximum Gasteiger partial charge on any atom is 0.413 e. The largest absolute Gasteiger partial charge is 0.444 e. The molecule has 5 heterocycles. The van der Waals surface area contributed by atoms with E-state index in [1.807, 2.05) is 36.4 Å². The van der Waals surface area contributed by atoms with Crippen LogP contribution in [0.5, 0.6) is 0 Å². The number of alkyl carbamates (subject to hydrolysis) is 2. The molecule has 0 aromatic heterocycles. The number of rotatable bonds is 13. The van der Waals surface area contributed by atoms with Gasteiger partial charge in [0.15, 0.2) is 25.8 Å². The number of nitrogens with two attached hydrogens (primary N) is 3. The van der Waals surface area contributed by atoms with E-state index >= 15 is 0 Å². The van der Waals surface area contributed by atoms with Crippen molar-refractivity contribution in [2.45, 2.75) is 175 Å². The molecule has 666 valence electrons. The molecule has 27 nitrogen and oxygen atoms in total. The molecular weight excluding hydrogens is 1710 g/mol. The number of carbonyl (C=O) groups is 3. The van der Waals surface area contributed by atoms with E-state index in [2.05, 4.69) is 25.9 Å². The Hall–Kier alpha value is -8.92. The number of hydrogen-bond acceptors (Lipinski definition) is 27. The van der Waals surface area contributed by atoms with E-state index in [0.717, 1.165) is 67.9 Å². The number of benzene rings is 6. The first-order valence-corrected chi connectivity index (χ1v) is 45.5. The van der Waals surface area contributed by atoms with Crippen LogP contribution in [0.1, 0.15) is 144 Å². The Morgan fingerprint density at radius 2 is 0.685 bits per heavy atom. The van der Waals surface area contributed by atoms with Gasteiger partial charge >= 0.3 is 12.2 Å². The first-order chi connectivity index (χ1) is 59.0. The molecule has 6 aromatic carbocycles. The Kier molecular flexibility index (Phi) is 30.0. The summed E-state index contributed by atoms with van der Waals surface area (Å²) in [6, 6.07) is 34.3. The normalized spacial score (nSPS) is 28.7. The average Bonchev–Trinajstić information content (AvgIpc) is 1.75. The highest BCUT2D eigenvalue weighted by molar-refractivity contribution is 8.15. The van der Waals surface area contributed by atoms with Crippen molar-refractivity contribution in [3.05, 3.63) is 216 Å². The molecule has 6 aromatic rings. The van der Waals surface area contributed by atoms with Gasteiger partial charge in [0.05, 0.1) is 68.1 Å². The summed E-state index contributed by atoms with van der Waals surface area (Å²) in [6.07, 6.45) is 5.66. The van der Waals surface area contributed by atoms with Crippen molar-refractivity contribution in [2.75, 3.05) is 70.0 Å². The molecule has 37 heteroatoms. The molecule has 0 spiro atoms. The molecule has 124 heavy (non-hydrogen) atoms. The molecule has 15 atom stereocenters. The van der Waals surface area contributed by atoms with Crippen molar-refractivity contribution in [3.63, 3.8) is 0 Å². The highest BCUT2D eigenvalue weighted by atomic mass is 32.2. The van der Waals surface area contributed by atoms with Crippen LogP contribution in [0.25, 0.3) is 0 Å². The summed E-state index contributed by atoms with van der Waals surface area (Å²) in [4.78, 5) is 81.6. The lowest BCUT2D eigenvalue weighted by atomic mass is 9.80. The summed E-state index contributed by atoms with van der Waals surface area (Å²) in [5.41, 5.74) is 15.2. The minimum atomic E-state index is -1.05. The fourth-order valence-corrected chi connectivity index (χ4v) is 24.5. The third kappa shape index (κ3) is 20.4. The van der Waals surface area contributed by atoms with E-state index in [4.69, 9.17) is 65.3 Å². The highest BCUT2D eigenvalue weighted by Crippen LogP contribution is 2.58. The minimum absolute atomic E-state index is 0.00649. The molecule has 3 unspecified atom stereocenters. The maximum absolute atomic E-state index is 14.8. The Balaban J connectivity index is 0.000000142. The Morgan fingerprint density at radius 3 is 1.02 bits per heavy atom. The molecule has 16 rings (SSSR count). The summed E-state index contributed by atoms with van der Waals surface area (Å²) < 4.78 is 111. The van der Waals surface area contributed by atoms with E-state index < -0.39 is 72.6 Å². The number of nitro benzene ring substituents is 2. The fourth-order valence-electron chi connectivity index (χ4n) is 18.7. The second-order valence-corrected chi connectivity index (χ2v) is 38.6. The van der Waals surface area contributed by atoms with Crippen LogP contribution in [-0.4, -0.2) is 160 Å². The highest BCUT2D eigenvalue weighted by Gasteiger charge is 2.59. The van der Waals surface area contributed by atoms with Crippen LogP contribution in [0.15, 0.2) is 158 Å². The molecule has 0 bridgehead atoms. The number of fused-ring (bicyclic) bond motifs is 5. The van der Waals surface area contributed by atoms with Crippen molar-refractivity contribution in [2.24, 2.45) is 66.0 Å². The van der Waals surface area contributed by atoms with E-state index in [-0.39, 0.29) is 106 Å². The molecular formula is C87H104F5N13O14S5. The number of amidine groups is 5. The maximum atomic E-state index is 14.8. The van der Waals surface area contributed by atoms with Crippen LogP contribution in [0.2, 0.25) is 0 Å². The van der Waals surface area contributed by atoms with Crippen LogP contribution < -0.4 is 33.2 Å². The SMILES string of the molecule is COC1CC[C@]2(c3cc([N+](=O)[O-])ccc3F)N=C(N)SC[C@H]12.COC1CC[C@]2(c3ccccc3F)N=C(N)SC[C@H]12.COC1CC[C@]2(c3ccccc3F)N=C(NC(=O)c3ccccc3)SC[C@H]12.CO[C@H]1CC[C@]2(c3cc(N)ccc3F)N=C(NC(=O)OC(C)(C)C)SC[C@H]12.CO[C@H]1CC[C@]2(c3cc([N+](=O)[O-])ccc3F)N=C(NC(=O)OC(C)(C)C)SC[C@H]12. The number of nitrogen functional groups attached to an aromatic ring is 1. The van der Waals surface area contributed by atoms with Gasteiger partial charge in [0.2, 0.25) is 0 Å². The molecule has 5 aliphatic heterocycles. The number of nitrogens with zero attached hydrogens (tertiary/aromatic N) is 7. The lowest BCUT2D eigenvalue weighted by Gasteiger charge is -2.38. The summed E-state index contributed by atoms with van der Waals surface area (Å²) in [5.74, 6) is 1.35. The van der Waals surface area contributed by atoms with Crippen molar-refractivity contribution >= 4 is 120 Å². The zero-order valence-electron chi connectivity index (χ0n) is 70.6. The van der Waals surface area contributed by atoms with Gasteiger partial charge in [-0.05, 0) is 160 Å². The summed E-state index contributed by atoms with van der Waals surface area (Å²) in [5, 5.41) is 32.7. The van der Waals surface area contributed by atoms with E-state index in [0.29, 0.717) is 103 Å². The van der Waals surface area contributed by atoms with Crippen molar-refractivity contribution in [1.82, 2.24) is 16.0 Å². The van der Waals surface area contributed by atoms with Crippen molar-refractivity contribution in [1.29, 1.82) is 0 Å². The summed E-state index contributed by atoms with van der Waals surface area (Å²) >= 11 is 7.19. The van der Waals surface area contributed by atoms with E-state index in [1.165, 1.54) is 95.2 Å². The molecule has 0 saturated heterocycles. The van der Waals surface area contributed by atoms with Crippen LogP contribution in [0, 0.1) is 78.9 Å². The third-order valence-electron chi connectivity index (χ3n) is 24.3. The van der Waals surface area contributed by atoms with Gasteiger partial charge in [-0.2, -0.15) is 0 Å². The van der Waals surface area contributed by atoms with Crippen LogP contribution in [0.4, 0.5) is 48.6 Å². The van der Waals surface area contributed by atoms with E-state index in [1.54, 1.807) is 113 Å². The van der Waals surface area contributed by atoms with Gasteiger partial charge in [0, 0.05) is 157 Å². The molecule has 5 saturated carbocycles. The quantitative estimate of drug-likeness (QED) is 0.0271. The lowest BCUT2D eigenvalue weighted by molar-refractivity contribution is -0.385. The lowest BCUT2D eigenvalue weighted by Crippen LogP contribution is -2.44. The number of aliphatic imine (C=N–C) groups is 5. The van der Waals surface area contributed by atoms with Gasteiger partial charge < -0.3 is 55.7 Å². The predicted octanol–water partition coefficient (Wildman–Crippen LogP) is 16.5. The first-order valence-electron chi connectivity index (χ1n) is 40.6. The Labute approximate surface area is 737 Å². The number of methoxy groups -OCH3 is 5. The zero-order valence-corrected chi connectivity index (χ0v) is 74.7. The molecule has 0 radical (unpaired) electrons. The topological polar surface area (TPSA) is 378 Å². The molecule has 9 N–H and O–H groups in total. The monoisotopic (exact) mass is 1810 g/mol. The third-order valence-corrected chi connectivity index (χ3v) is 29.1. The Morgan fingerprint density at radius 1 is 0.395 bits per heavy atom. The number of non-ortho nitro benzene ring substituents is 2. The summed E-state index contributed by atoms with van der Waals surface area (Å²) in [6.45, 7) is 10.6. The first kappa shape index (κ1) is 94.2. The summed E-state index contributed by atoms with van der Waals surface area (Å²) in [7, 11) is 8.29. The second-order valence-electron chi connectivity index (χ2n) is 33.5. The number of anilines is 1. The van der Waals surface area contributed by atoms with Gasteiger partial charge in [-0.25, -0.2) is 31.5 Å². The Bertz CT molecular complexity index is 5100. The van der Waals surface area contributed by atoms with Gasteiger partial charge in [-0.15, -0.1) is 0 Å². The number of ether oxygens (including phenoxy) is 7. The second kappa shape index (κ2) is 39.5. The van der Waals surface area contributed by atoms with Crippen LogP contribution in [0.3, 0.4) is 0 Å². The molecule has 3 amide bonds. The van der Waals surface area contributed by atoms with Gasteiger partial charge in [0.1, 0.15) is 40.3 Å². The fraction of sp³-hybridized carbons (Fsp3) is 0.494. The van der Waals surface area contributed by atoms with E-state index in [9.17, 15) is 56.6 Å². The van der Waals surface area contributed by atoms with Crippen molar-refractivity contribution in [3.8, 4) is 0 Å².